The van der Waals surface area contributed by atoms with Crippen molar-refractivity contribution in [1.82, 2.24) is 15.5 Å². The van der Waals surface area contributed by atoms with Gasteiger partial charge < -0.3 is 30.1 Å². The van der Waals surface area contributed by atoms with Gasteiger partial charge in [-0.15, -0.1) is 0 Å². The van der Waals surface area contributed by atoms with Crippen molar-refractivity contribution in [2.45, 2.75) is 97.2 Å². The van der Waals surface area contributed by atoms with Gasteiger partial charge in [-0.1, -0.05) is 44.2 Å². The Bertz CT molecular complexity index is 839. The van der Waals surface area contributed by atoms with Gasteiger partial charge in [-0.3, -0.25) is 4.79 Å². The maximum Gasteiger partial charge on any atom is 0.410 e. The van der Waals surface area contributed by atoms with Crippen LogP contribution in [0.3, 0.4) is 0 Å². The number of benzene rings is 1. The molecule has 0 aromatic heterocycles. The lowest BCUT2D eigenvalue weighted by molar-refractivity contribution is -0.125. The molecular formula is C26H41N3O6. The normalized spacial score (nSPS) is 21.6. The lowest BCUT2D eigenvalue weighted by Crippen LogP contribution is -2.54. The molecule has 1 aromatic rings. The van der Waals surface area contributed by atoms with Crippen LogP contribution in [0.25, 0.3) is 0 Å². The van der Waals surface area contributed by atoms with Crippen molar-refractivity contribution in [3.8, 4) is 0 Å². The highest BCUT2D eigenvalue weighted by Crippen LogP contribution is 2.20. The summed E-state index contributed by atoms with van der Waals surface area (Å²) in [4.78, 5) is 39.6. The average molecular weight is 492 g/mol. The fraction of sp³-hybridized carbons (Fsp3) is 0.654. The third-order valence-corrected chi connectivity index (χ3v) is 5.76. The number of likely N-dealkylation sites (tertiary alicyclic amines) is 1. The molecular weight excluding hydrogens is 450 g/mol. The summed E-state index contributed by atoms with van der Waals surface area (Å²) < 4.78 is 10.8. The summed E-state index contributed by atoms with van der Waals surface area (Å²) in [6.45, 7) is 11.3. The molecule has 1 aliphatic rings. The first kappa shape index (κ1) is 28.4. The molecule has 35 heavy (non-hydrogen) atoms. The zero-order valence-electron chi connectivity index (χ0n) is 21.7. The number of carbonyl (C=O) groups is 3. The van der Waals surface area contributed by atoms with E-state index < -0.39 is 36.0 Å². The predicted octanol–water partition coefficient (Wildman–Crippen LogP) is 3.59. The zero-order chi connectivity index (χ0) is 26.2. The molecule has 0 aliphatic carbocycles. The Labute approximate surface area is 208 Å². The lowest BCUT2D eigenvalue weighted by Gasteiger charge is -2.29. The minimum atomic E-state index is -0.977. The summed E-state index contributed by atoms with van der Waals surface area (Å²) >= 11 is 0. The summed E-state index contributed by atoms with van der Waals surface area (Å²) in [6, 6.07) is 7.86. The van der Waals surface area contributed by atoms with Crippen LogP contribution in [0.1, 0.15) is 66.4 Å². The third kappa shape index (κ3) is 9.76. The number of alkyl carbamates (subject to hydrolysis) is 1. The SMILES string of the molecule is CC(C)CC(NC(=O)OC(C)(C)C)C(=O)N[C@H]1CC[C@@H](C)N(C(=O)OCc2ccccc2)CC1O. The highest BCUT2D eigenvalue weighted by atomic mass is 16.6. The van der Waals surface area contributed by atoms with Crippen LogP contribution in [0.2, 0.25) is 0 Å². The molecule has 3 N–H and O–H groups in total. The molecule has 1 fully saturated rings. The van der Waals surface area contributed by atoms with E-state index in [0.717, 1.165) is 5.56 Å². The number of amides is 3. The first-order valence-electron chi connectivity index (χ1n) is 12.3. The molecule has 2 rings (SSSR count). The van der Waals surface area contributed by atoms with Crippen LogP contribution < -0.4 is 10.6 Å². The quantitative estimate of drug-likeness (QED) is 0.537. The van der Waals surface area contributed by atoms with E-state index in [4.69, 9.17) is 9.47 Å². The first-order chi connectivity index (χ1) is 16.4. The summed E-state index contributed by atoms with van der Waals surface area (Å²) in [5, 5.41) is 16.4. The van der Waals surface area contributed by atoms with Crippen LogP contribution in [0.4, 0.5) is 9.59 Å². The number of aliphatic hydroxyl groups excluding tert-OH is 1. The summed E-state index contributed by atoms with van der Waals surface area (Å²) in [7, 11) is 0. The monoisotopic (exact) mass is 491 g/mol. The Kier molecular flexibility index (Phi) is 10.4. The highest BCUT2D eigenvalue weighted by molar-refractivity contribution is 5.86. The van der Waals surface area contributed by atoms with E-state index in [0.29, 0.717) is 19.3 Å². The molecule has 0 bridgehead atoms. The molecule has 0 spiro atoms. The van der Waals surface area contributed by atoms with Crippen LogP contribution in [-0.2, 0) is 20.9 Å². The van der Waals surface area contributed by atoms with E-state index >= 15 is 0 Å². The Morgan fingerprint density at radius 3 is 2.40 bits per heavy atom. The number of nitrogens with zero attached hydrogens (tertiary/aromatic N) is 1. The Hall–Kier alpha value is -2.81. The van der Waals surface area contributed by atoms with Gasteiger partial charge in [0.1, 0.15) is 18.2 Å². The maximum absolute atomic E-state index is 13.1. The van der Waals surface area contributed by atoms with E-state index in [1.54, 1.807) is 20.8 Å². The smallest absolute Gasteiger partial charge is 0.410 e. The van der Waals surface area contributed by atoms with Crippen LogP contribution in [-0.4, -0.2) is 64.5 Å². The van der Waals surface area contributed by atoms with Crippen molar-refractivity contribution in [3.63, 3.8) is 0 Å². The second kappa shape index (κ2) is 12.8. The van der Waals surface area contributed by atoms with Crippen molar-refractivity contribution in [1.29, 1.82) is 0 Å². The number of aliphatic hydroxyl groups is 1. The number of rotatable bonds is 7. The molecule has 2 unspecified atom stereocenters. The molecule has 1 heterocycles. The number of nitrogens with one attached hydrogen (secondary N) is 2. The fourth-order valence-electron chi connectivity index (χ4n) is 3.94. The van der Waals surface area contributed by atoms with Crippen LogP contribution >= 0.6 is 0 Å². The standard InChI is InChI=1S/C26H41N3O6/c1-17(2)14-21(28-24(32)35-26(4,5)6)23(31)27-20-13-12-18(3)29(15-22(20)30)25(33)34-16-19-10-8-7-9-11-19/h7-11,17-18,20-22,30H,12-16H2,1-6H3,(H,27,31)(H,28,32)/t18-,20+,21?,22?/m1/s1. The number of ether oxygens (including phenoxy) is 2. The summed E-state index contributed by atoms with van der Waals surface area (Å²) in [5.74, 6) is -0.240. The molecule has 9 nitrogen and oxygen atoms in total. The predicted molar refractivity (Wildman–Crippen MR) is 133 cm³/mol. The lowest BCUT2D eigenvalue weighted by atomic mass is 10.0. The van der Waals surface area contributed by atoms with Crippen LogP contribution in [0.5, 0.6) is 0 Å². The van der Waals surface area contributed by atoms with Crippen molar-refractivity contribution < 1.29 is 29.0 Å². The minimum absolute atomic E-state index is 0.0358. The van der Waals surface area contributed by atoms with Gasteiger partial charge in [0.25, 0.3) is 0 Å². The van der Waals surface area contributed by atoms with Gasteiger partial charge in [0.2, 0.25) is 5.91 Å². The van der Waals surface area contributed by atoms with Crippen LogP contribution in [0.15, 0.2) is 30.3 Å². The highest BCUT2D eigenvalue weighted by Gasteiger charge is 2.35. The van der Waals surface area contributed by atoms with Crippen molar-refractivity contribution in [2.24, 2.45) is 5.92 Å². The number of hydrogen-bond acceptors (Lipinski definition) is 6. The van der Waals surface area contributed by atoms with Crippen molar-refractivity contribution in [2.75, 3.05) is 6.54 Å². The van der Waals surface area contributed by atoms with Gasteiger partial charge in [0.05, 0.1) is 18.7 Å². The van der Waals surface area contributed by atoms with E-state index in [2.05, 4.69) is 10.6 Å². The second-order valence-corrected chi connectivity index (χ2v) is 10.6. The van der Waals surface area contributed by atoms with Gasteiger partial charge >= 0.3 is 12.2 Å². The van der Waals surface area contributed by atoms with E-state index in [9.17, 15) is 19.5 Å². The number of carbonyl (C=O) groups excluding carboxylic acids is 3. The number of β-amino-alcohol motifs (C(OH)–C–C–N with tert-alkyl or cyclic N) is 1. The van der Waals surface area contributed by atoms with E-state index in [-0.39, 0.29) is 31.0 Å². The molecule has 1 saturated heterocycles. The summed E-state index contributed by atoms with van der Waals surface area (Å²) in [6.07, 6.45) is -0.664. The fourth-order valence-corrected chi connectivity index (χ4v) is 3.94. The zero-order valence-corrected chi connectivity index (χ0v) is 21.7. The van der Waals surface area contributed by atoms with Gasteiger partial charge in [0, 0.05) is 6.04 Å². The largest absolute Gasteiger partial charge is 0.445 e. The molecule has 3 amide bonds. The minimum Gasteiger partial charge on any atom is -0.445 e. The van der Waals surface area contributed by atoms with E-state index in [1.165, 1.54) is 4.90 Å². The average Bonchev–Trinajstić information content (AvgIpc) is 2.89. The molecule has 1 aromatic carbocycles. The van der Waals surface area contributed by atoms with Crippen LogP contribution in [0, 0.1) is 5.92 Å². The van der Waals surface area contributed by atoms with Gasteiger partial charge in [-0.25, -0.2) is 9.59 Å². The Morgan fingerprint density at radius 1 is 1.14 bits per heavy atom. The molecule has 0 radical (unpaired) electrons. The van der Waals surface area contributed by atoms with Gasteiger partial charge in [-0.05, 0) is 58.4 Å². The van der Waals surface area contributed by atoms with Gasteiger partial charge in [0.15, 0.2) is 0 Å². The number of hydrogen-bond donors (Lipinski definition) is 3. The molecule has 4 atom stereocenters. The van der Waals surface area contributed by atoms with E-state index in [1.807, 2.05) is 51.1 Å². The maximum atomic E-state index is 13.1. The molecule has 196 valence electrons. The molecule has 0 saturated carbocycles. The van der Waals surface area contributed by atoms with Gasteiger partial charge in [-0.2, -0.15) is 0 Å². The Balaban J connectivity index is 1.99. The third-order valence-electron chi connectivity index (χ3n) is 5.76. The topological polar surface area (TPSA) is 117 Å². The van der Waals surface area contributed by atoms with Crippen molar-refractivity contribution in [3.05, 3.63) is 35.9 Å². The second-order valence-electron chi connectivity index (χ2n) is 10.6. The molecule has 9 heteroatoms. The summed E-state index contributed by atoms with van der Waals surface area (Å²) in [5.41, 5.74) is 0.192. The van der Waals surface area contributed by atoms with Crippen molar-refractivity contribution >= 4 is 18.1 Å². The molecule has 1 aliphatic heterocycles. The first-order valence-corrected chi connectivity index (χ1v) is 12.3. The Morgan fingerprint density at radius 2 is 1.80 bits per heavy atom.